The van der Waals surface area contributed by atoms with Gasteiger partial charge in [0, 0.05) is 17.7 Å². The highest BCUT2D eigenvalue weighted by Crippen LogP contribution is 2.35. The van der Waals surface area contributed by atoms with Gasteiger partial charge in [0.1, 0.15) is 5.82 Å². The molecule has 1 aromatic heterocycles. The van der Waals surface area contributed by atoms with E-state index < -0.39 is 0 Å². The van der Waals surface area contributed by atoms with Crippen LogP contribution in [-0.2, 0) is 0 Å². The minimum Gasteiger partial charge on any atom is -0.325 e. The Labute approximate surface area is 148 Å². The first-order valence-corrected chi connectivity index (χ1v) is 9.07. The molecule has 2 nitrogen and oxygen atoms in total. The molecular formula is C22H23FN2. The van der Waals surface area contributed by atoms with E-state index >= 15 is 0 Å². The summed E-state index contributed by atoms with van der Waals surface area (Å²) >= 11 is 0. The first kappa shape index (κ1) is 16.1. The largest absolute Gasteiger partial charge is 0.325 e. The van der Waals surface area contributed by atoms with Crippen LogP contribution < -0.4 is 0 Å². The predicted octanol–water partition coefficient (Wildman–Crippen LogP) is 5.63. The molecule has 1 heterocycles. The number of benzene rings is 2. The molecule has 1 aliphatic carbocycles. The molecule has 0 N–H and O–H groups in total. The second-order valence-electron chi connectivity index (χ2n) is 7.01. The fourth-order valence-corrected chi connectivity index (χ4v) is 4.01. The molecule has 1 unspecified atom stereocenters. The molecule has 1 fully saturated rings. The molecule has 0 amide bonds. The van der Waals surface area contributed by atoms with Gasteiger partial charge < -0.3 is 4.57 Å². The van der Waals surface area contributed by atoms with Crippen molar-refractivity contribution in [3.8, 4) is 0 Å². The maximum absolute atomic E-state index is 14.6. The Morgan fingerprint density at radius 1 is 1.00 bits per heavy atom. The van der Waals surface area contributed by atoms with Gasteiger partial charge in [0.15, 0.2) is 0 Å². The van der Waals surface area contributed by atoms with E-state index in [-0.39, 0.29) is 11.9 Å². The van der Waals surface area contributed by atoms with Crippen LogP contribution in [-0.4, -0.2) is 9.55 Å². The third-order valence-corrected chi connectivity index (χ3v) is 5.38. The Bertz CT molecular complexity index is 816. The van der Waals surface area contributed by atoms with Crippen LogP contribution in [0.15, 0.2) is 61.1 Å². The van der Waals surface area contributed by atoms with Crippen molar-refractivity contribution in [3.05, 3.63) is 89.3 Å². The summed E-state index contributed by atoms with van der Waals surface area (Å²) in [6, 6.07) is 15.1. The molecule has 0 saturated heterocycles. The molecule has 4 rings (SSSR count). The van der Waals surface area contributed by atoms with Gasteiger partial charge in [-0.2, -0.15) is 0 Å². The highest BCUT2D eigenvalue weighted by molar-refractivity contribution is 5.38. The average Bonchev–Trinajstić information content (AvgIpc) is 3.30. The third-order valence-electron chi connectivity index (χ3n) is 5.38. The fourth-order valence-electron chi connectivity index (χ4n) is 4.01. The highest BCUT2D eigenvalue weighted by atomic mass is 19.1. The summed E-state index contributed by atoms with van der Waals surface area (Å²) in [4.78, 5) is 4.67. The van der Waals surface area contributed by atoms with E-state index in [1.54, 1.807) is 6.07 Å². The van der Waals surface area contributed by atoms with E-state index in [0.717, 1.165) is 16.8 Å². The molecule has 1 saturated carbocycles. The summed E-state index contributed by atoms with van der Waals surface area (Å²) < 4.78 is 16.7. The molecule has 0 aliphatic heterocycles. The van der Waals surface area contributed by atoms with Crippen LogP contribution in [0.2, 0.25) is 0 Å². The lowest BCUT2D eigenvalue weighted by Crippen LogP contribution is -2.13. The number of halogens is 1. The number of nitrogens with zero attached hydrogens (tertiary/aromatic N) is 2. The number of rotatable bonds is 4. The van der Waals surface area contributed by atoms with Crippen molar-refractivity contribution >= 4 is 0 Å². The molecule has 3 aromatic rings. The van der Waals surface area contributed by atoms with Crippen LogP contribution >= 0.6 is 0 Å². The van der Waals surface area contributed by atoms with Crippen molar-refractivity contribution in [2.75, 3.05) is 0 Å². The summed E-state index contributed by atoms with van der Waals surface area (Å²) in [6.07, 6.45) is 8.99. The molecule has 0 spiro atoms. The lowest BCUT2D eigenvalue weighted by Gasteiger charge is -2.22. The maximum Gasteiger partial charge on any atom is 0.128 e. The lowest BCUT2D eigenvalue weighted by atomic mass is 9.94. The van der Waals surface area contributed by atoms with Crippen LogP contribution in [0.5, 0.6) is 0 Å². The van der Waals surface area contributed by atoms with Crippen LogP contribution in [0.3, 0.4) is 0 Å². The van der Waals surface area contributed by atoms with E-state index in [2.05, 4.69) is 34.8 Å². The average molecular weight is 334 g/mol. The zero-order valence-corrected chi connectivity index (χ0v) is 14.5. The van der Waals surface area contributed by atoms with Crippen molar-refractivity contribution in [2.45, 2.75) is 44.6 Å². The van der Waals surface area contributed by atoms with E-state index in [1.807, 2.05) is 30.6 Å². The van der Waals surface area contributed by atoms with Crippen molar-refractivity contribution in [2.24, 2.45) is 0 Å². The second-order valence-corrected chi connectivity index (χ2v) is 7.01. The fraction of sp³-hybridized carbons (Fsp3) is 0.318. The minimum atomic E-state index is -0.190. The van der Waals surface area contributed by atoms with Gasteiger partial charge >= 0.3 is 0 Å². The molecule has 0 bridgehead atoms. The highest BCUT2D eigenvalue weighted by Gasteiger charge is 2.24. The van der Waals surface area contributed by atoms with Crippen LogP contribution in [0, 0.1) is 12.7 Å². The van der Waals surface area contributed by atoms with Gasteiger partial charge in [-0.05, 0) is 37.0 Å². The summed E-state index contributed by atoms with van der Waals surface area (Å²) in [7, 11) is 0. The molecule has 3 heteroatoms. The van der Waals surface area contributed by atoms with Crippen molar-refractivity contribution < 1.29 is 4.39 Å². The van der Waals surface area contributed by atoms with Gasteiger partial charge in [-0.25, -0.2) is 9.37 Å². The molecule has 128 valence electrons. The Kier molecular flexibility index (Phi) is 4.39. The van der Waals surface area contributed by atoms with Crippen LogP contribution in [0.4, 0.5) is 4.39 Å². The van der Waals surface area contributed by atoms with E-state index in [1.165, 1.54) is 31.7 Å². The molecule has 1 aliphatic rings. The number of aromatic nitrogens is 2. The van der Waals surface area contributed by atoms with Gasteiger partial charge in [0.25, 0.3) is 0 Å². The van der Waals surface area contributed by atoms with Crippen molar-refractivity contribution in [1.82, 2.24) is 9.55 Å². The first-order valence-electron chi connectivity index (χ1n) is 9.07. The van der Waals surface area contributed by atoms with Crippen LogP contribution in [0.1, 0.15) is 60.0 Å². The molecule has 0 radical (unpaired) electrons. The topological polar surface area (TPSA) is 17.8 Å². The molecule has 1 atom stereocenters. The molecular weight excluding hydrogens is 311 g/mol. The number of aryl methyl sites for hydroxylation is 1. The smallest absolute Gasteiger partial charge is 0.128 e. The summed E-state index contributed by atoms with van der Waals surface area (Å²) in [5.41, 5.74) is 4.11. The Balaban J connectivity index is 1.81. The van der Waals surface area contributed by atoms with Gasteiger partial charge in [-0.3, -0.25) is 0 Å². The molecule has 25 heavy (non-hydrogen) atoms. The second kappa shape index (κ2) is 6.83. The van der Waals surface area contributed by atoms with Gasteiger partial charge in [0.2, 0.25) is 0 Å². The predicted molar refractivity (Wildman–Crippen MR) is 98.3 cm³/mol. The Hall–Kier alpha value is -2.42. The summed E-state index contributed by atoms with van der Waals surface area (Å²) in [6.45, 7) is 2.08. The minimum absolute atomic E-state index is 0.174. The monoisotopic (exact) mass is 334 g/mol. The van der Waals surface area contributed by atoms with Crippen molar-refractivity contribution in [3.63, 3.8) is 0 Å². The van der Waals surface area contributed by atoms with Gasteiger partial charge in [-0.1, -0.05) is 55.3 Å². The number of imidazole rings is 1. The van der Waals surface area contributed by atoms with Gasteiger partial charge in [0.05, 0.1) is 18.1 Å². The Morgan fingerprint density at radius 2 is 1.68 bits per heavy atom. The summed E-state index contributed by atoms with van der Waals surface area (Å²) in [5.74, 6) is 0.381. The lowest BCUT2D eigenvalue weighted by molar-refractivity contribution is 0.570. The SMILES string of the molecule is Cc1ccccc1C(c1ccccc1F)n1cnc(C2CCCC2)c1. The standard InChI is InChI=1S/C22H23FN2/c1-16-8-2-5-11-18(16)22(19-12-6-7-13-20(19)23)25-14-21(24-15-25)17-9-3-4-10-17/h2,5-8,11-15,17,22H,3-4,9-10H2,1H3. The van der Waals surface area contributed by atoms with E-state index in [4.69, 9.17) is 0 Å². The summed E-state index contributed by atoms with van der Waals surface area (Å²) in [5, 5.41) is 0. The Morgan fingerprint density at radius 3 is 2.40 bits per heavy atom. The van der Waals surface area contributed by atoms with Crippen LogP contribution in [0.25, 0.3) is 0 Å². The third kappa shape index (κ3) is 3.11. The first-order chi connectivity index (χ1) is 12.2. The normalized spacial score (nSPS) is 16.2. The van der Waals surface area contributed by atoms with E-state index in [0.29, 0.717) is 11.5 Å². The zero-order chi connectivity index (χ0) is 17.2. The number of hydrogen-bond donors (Lipinski definition) is 0. The maximum atomic E-state index is 14.6. The number of hydrogen-bond acceptors (Lipinski definition) is 1. The van der Waals surface area contributed by atoms with Crippen molar-refractivity contribution in [1.29, 1.82) is 0 Å². The van der Waals surface area contributed by atoms with E-state index in [9.17, 15) is 4.39 Å². The van der Waals surface area contributed by atoms with Gasteiger partial charge in [-0.15, -0.1) is 0 Å². The molecule has 2 aromatic carbocycles. The quantitative estimate of drug-likeness (QED) is 0.605. The zero-order valence-electron chi connectivity index (χ0n) is 14.5.